The van der Waals surface area contributed by atoms with Crippen molar-refractivity contribution < 1.29 is 138 Å². The Kier molecular flexibility index (Phi) is 15.9. The number of halogens is 1. The number of rotatable bonds is 8. The summed E-state index contributed by atoms with van der Waals surface area (Å²) in [6, 6.07) is 4.57. The zero-order chi connectivity index (χ0) is 30.2. The fourth-order valence-electron chi connectivity index (χ4n) is 3.12. The molecule has 0 heterocycles. The second-order valence-corrected chi connectivity index (χ2v) is 12.6. The third kappa shape index (κ3) is 11.2. The third-order valence-electron chi connectivity index (χ3n) is 4.73. The van der Waals surface area contributed by atoms with E-state index in [2.05, 4.69) is 42.7 Å². The number of fused-ring (bicyclic) bond motifs is 1. The molecule has 0 aliphatic rings. The molecule has 3 aromatic carbocycles. The molecule has 4 N–H and O–H groups in total. The summed E-state index contributed by atoms with van der Waals surface area (Å²) in [5.41, 5.74) is 3.82. The van der Waals surface area contributed by atoms with E-state index in [0.29, 0.717) is 18.2 Å². The minimum absolute atomic E-state index is 0. The van der Waals surface area contributed by atoms with Gasteiger partial charge in [0.05, 0.1) is 22.3 Å². The molecule has 0 saturated carbocycles. The standard InChI is InChI=1S/C20H16BrN5O11S3.3Na/c1-9(21)19(27)23-11-2-3-14(15(6-11)24-20(22)28)25-26-16-8-13-10(5-18(16)40(35,36)37)4-12(38(29,30)31)7-17(13)39(32,33)34;;;/h2-8H,1H2,(H,23,27)(H3,22,24,28)(H,29,30,31)(H,32,33,34)(H,35,36,37);;;/q;3*+1/p-3. The first-order valence-electron chi connectivity index (χ1n) is 9.97. The zero-order valence-electron chi connectivity index (χ0n) is 22.3. The SMILES string of the molecule is C=C(Br)C([O-])=Nc1ccc(N=Nc2cc3c(S(=O)(=O)O)cc(S(=O)(=O)[O-])cc3cc2S(=O)(=O)O)c(N=C(N)[O-])c1.[Na+].[Na+].[Na+]. The molecule has 43 heavy (non-hydrogen) atoms. The average molecular weight is 744 g/mol. The summed E-state index contributed by atoms with van der Waals surface area (Å²) in [5, 5.41) is 29.6. The maximum absolute atomic E-state index is 12.1. The van der Waals surface area contributed by atoms with E-state index in [4.69, 9.17) is 5.73 Å². The topological polar surface area (TPSA) is 288 Å². The van der Waals surface area contributed by atoms with Crippen LogP contribution in [0.15, 0.2) is 88.4 Å². The smallest absolute Gasteiger partial charge is 0.858 e. The third-order valence-corrected chi connectivity index (χ3v) is 7.66. The van der Waals surface area contributed by atoms with E-state index in [1.807, 2.05) is 0 Å². The van der Waals surface area contributed by atoms with Gasteiger partial charge in [-0.15, -0.1) is 10.2 Å². The number of amidine groups is 1. The Morgan fingerprint density at radius 1 is 0.791 bits per heavy atom. The van der Waals surface area contributed by atoms with Crippen molar-refractivity contribution in [2.45, 2.75) is 14.7 Å². The van der Waals surface area contributed by atoms with Gasteiger partial charge in [-0.05, 0) is 47.9 Å². The molecule has 0 unspecified atom stereocenters. The molecule has 3 aromatic rings. The van der Waals surface area contributed by atoms with Gasteiger partial charge < -0.3 is 20.5 Å². The molecule has 0 fully saturated rings. The number of benzene rings is 3. The van der Waals surface area contributed by atoms with E-state index < -0.39 is 73.4 Å². The van der Waals surface area contributed by atoms with Crippen molar-refractivity contribution in [2.24, 2.45) is 25.9 Å². The van der Waals surface area contributed by atoms with Gasteiger partial charge in [-0.3, -0.25) is 14.1 Å². The van der Waals surface area contributed by atoms with Gasteiger partial charge in [0.1, 0.15) is 31.3 Å². The molecule has 16 nitrogen and oxygen atoms in total. The van der Waals surface area contributed by atoms with Crippen molar-refractivity contribution in [1.82, 2.24) is 0 Å². The molecule has 212 valence electrons. The quantitative estimate of drug-likeness (QED) is 0.0638. The first kappa shape index (κ1) is 42.2. The first-order valence-corrected chi connectivity index (χ1v) is 15.1. The molecule has 0 aliphatic carbocycles. The van der Waals surface area contributed by atoms with Crippen LogP contribution in [0.5, 0.6) is 0 Å². The molecule has 3 rings (SSSR count). The van der Waals surface area contributed by atoms with Crippen LogP contribution in [-0.4, -0.2) is 50.8 Å². The fourth-order valence-corrected chi connectivity index (χ4v) is 5.19. The van der Waals surface area contributed by atoms with Crippen LogP contribution in [0.25, 0.3) is 10.8 Å². The van der Waals surface area contributed by atoms with Crippen molar-refractivity contribution in [1.29, 1.82) is 0 Å². The zero-order valence-corrected chi connectivity index (χ0v) is 32.3. The van der Waals surface area contributed by atoms with Crippen molar-refractivity contribution in [2.75, 3.05) is 0 Å². The molecule has 0 saturated heterocycles. The van der Waals surface area contributed by atoms with Gasteiger partial charge in [-0.2, -0.15) is 16.8 Å². The van der Waals surface area contributed by atoms with Crippen LogP contribution < -0.4 is 105 Å². The monoisotopic (exact) mass is 743 g/mol. The van der Waals surface area contributed by atoms with E-state index in [-0.39, 0.29) is 110 Å². The second kappa shape index (κ2) is 16.2. The Hall–Kier alpha value is -0.790. The predicted octanol–water partition coefficient (Wildman–Crippen LogP) is -7.73. The Morgan fingerprint density at radius 2 is 1.35 bits per heavy atom. The van der Waals surface area contributed by atoms with Gasteiger partial charge in [0.2, 0.25) is 0 Å². The number of nitrogens with zero attached hydrogens (tertiary/aromatic N) is 4. The van der Waals surface area contributed by atoms with Crippen LogP contribution >= 0.6 is 15.9 Å². The minimum Gasteiger partial charge on any atom is -0.858 e. The number of nitrogens with two attached hydrogens (primary N) is 1. The number of azo groups is 1. The van der Waals surface area contributed by atoms with Crippen LogP contribution in [0.4, 0.5) is 22.7 Å². The molecule has 0 aromatic heterocycles. The summed E-state index contributed by atoms with van der Waals surface area (Å²) in [4.78, 5) is 3.98. The molecule has 0 amide bonds. The van der Waals surface area contributed by atoms with E-state index >= 15 is 0 Å². The van der Waals surface area contributed by atoms with E-state index in [0.717, 1.165) is 18.2 Å². The van der Waals surface area contributed by atoms with Crippen LogP contribution in [0.3, 0.4) is 0 Å². The van der Waals surface area contributed by atoms with Crippen molar-refractivity contribution in [3.05, 3.63) is 53.5 Å². The Labute approximate surface area is 319 Å². The number of hydrogen-bond acceptors (Lipinski definition) is 13. The first-order chi connectivity index (χ1) is 18.3. The summed E-state index contributed by atoms with van der Waals surface area (Å²) in [5.74, 6) is -0.768. The second-order valence-electron chi connectivity index (χ2n) is 7.51. The van der Waals surface area contributed by atoms with Crippen LogP contribution in [0, 0.1) is 0 Å². The van der Waals surface area contributed by atoms with Gasteiger partial charge in [-0.1, -0.05) is 22.5 Å². The molecule has 23 heteroatoms. The number of aliphatic imine (C=N–C) groups is 2. The largest absolute Gasteiger partial charge is 1.00 e. The maximum Gasteiger partial charge on any atom is 1.00 e. The molecule has 0 atom stereocenters. The van der Waals surface area contributed by atoms with Crippen LogP contribution in [0.1, 0.15) is 0 Å². The van der Waals surface area contributed by atoms with Gasteiger partial charge in [0.15, 0.2) is 0 Å². The summed E-state index contributed by atoms with van der Waals surface area (Å²) in [6.07, 6.45) is 0. The predicted molar refractivity (Wildman–Crippen MR) is 139 cm³/mol. The average Bonchev–Trinajstić information content (AvgIpc) is 2.80. The number of hydrogen-bond donors (Lipinski definition) is 3. The molecule has 0 radical (unpaired) electrons. The van der Waals surface area contributed by atoms with Crippen LogP contribution in [-0.2, 0) is 30.4 Å². The van der Waals surface area contributed by atoms with Gasteiger partial charge in [-0.25, -0.2) is 13.4 Å². The minimum atomic E-state index is -5.28. The van der Waals surface area contributed by atoms with E-state index in [1.54, 1.807) is 0 Å². The van der Waals surface area contributed by atoms with Gasteiger partial charge in [0, 0.05) is 15.8 Å². The Morgan fingerprint density at radius 3 is 1.84 bits per heavy atom. The summed E-state index contributed by atoms with van der Waals surface area (Å²) in [6.45, 7) is 3.36. The Bertz CT molecular complexity index is 2000. The fraction of sp³-hybridized carbons (Fsp3) is 0. The van der Waals surface area contributed by atoms with Crippen molar-refractivity contribution >= 4 is 91.7 Å². The van der Waals surface area contributed by atoms with Crippen molar-refractivity contribution in [3.63, 3.8) is 0 Å². The summed E-state index contributed by atoms with van der Waals surface area (Å²) < 4.78 is 102. The summed E-state index contributed by atoms with van der Waals surface area (Å²) >= 11 is 2.86. The summed E-state index contributed by atoms with van der Waals surface area (Å²) in [7, 11) is -15.6. The van der Waals surface area contributed by atoms with Gasteiger partial charge >= 0.3 is 88.7 Å². The normalized spacial score (nSPS) is 12.7. The molecule has 0 bridgehead atoms. The van der Waals surface area contributed by atoms with Gasteiger partial charge in [0.25, 0.3) is 20.2 Å². The van der Waals surface area contributed by atoms with E-state index in [9.17, 15) is 49.1 Å². The maximum atomic E-state index is 12.1. The molecule has 0 aliphatic heterocycles. The molecule has 0 spiro atoms. The van der Waals surface area contributed by atoms with Crippen LogP contribution in [0.2, 0.25) is 0 Å². The molecular formula is C20H13BrN5Na3O11S3. The molecular weight excluding hydrogens is 731 g/mol. The Balaban J connectivity index is 0.00000588. The van der Waals surface area contributed by atoms with E-state index in [1.165, 1.54) is 6.07 Å². The van der Waals surface area contributed by atoms with Crippen molar-refractivity contribution in [3.8, 4) is 0 Å².